The lowest BCUT2D eigenvalue weighted by atomic mass is 9.88. The number of rotatable bonds is 28. The highest BCUT2D eigenvalue weighted by molar-refractivity contribution is 7.93. The average molecular weight is 2020 g/mol. The molecule has 7 atom stereocenters. The van der Waals surface area contributed by atoms with Crippen molar-refractivity contribution in [3.8, 4) is 45.6 Å². The van der Waals surface area contributed by atoms with Gasteiger partial charge < -0.3 is 40.2 Å². The lowest BCUT2D eigenvalue weighted by Crippen LogP contribution is -2.25. The molecule has 8 aliphatic rings. The molecule has 0 fully saturated rings. The summed E-state index contributed by atoms with van der Waals surface area (Å²) in [5, 5.41) is 33.2. The van der Waals surface area contributed by atoms with Gasteiger partial charge in [0.25, 0.3) is 0 Å². The minimum Gasteiger partial charge on any atom is -0.385 e. The number of halogens is 5. The van der Waals surface area contributed by atoms with Crippen molar-refractivity contribution >= 4 is 86.4 Å². The van der Waals surface area contributed by atoms with Gasteiger partial charge in [-0.3, -0.25) is 19.9 Å². The van der Waals surface area contributed by atoms with E-state index in [4.69, 9.17) is 58.8 Å². The molecule has 762 valence electrons. The molecule has 4 N–H and O–H groups in total. The van der Waals surface area contributed by atoms with Crippen LogP contribution < -0.4 is 21.3 Å². The maximum atomic E-state index is 14.0. The smallest absolute Gasteiger partial charge is 0.228 e. The number of pyridine rings is 4. The van der Waals surface area contributed by atoms with E-state index in [9.17, 15) is 21.4 Å². The van der Waals surface area contributed by atoms with Crippen molar-refractivity contribution < 1.29 is 40.4 Å². The third-order valence-corrected chi connectivity index (χ3v) is 29.3. The number of aromatic nitrogens is 20. The van der Waals surface area contributed by atoms with Crippen LogP contribution in [0.25, 0.3) is 96.0 Å². The van der Waals surface area contributed by atoms with Crippen molar-refractivity contribution in [2.45, 2.75) is 199 Å². The van der Waals surface area contributed by atoms with Gasteiger partial charge in [-0.25, -0.2) is 37.5 Å². The fraction of sp³-hybridized carbons (Fsp3) is 0.351. The van der Waals surface area contributed by atoms with E-state index >= 15 is 0 Å². The normalized spacial score (nSPS) is 17.2. The van der Waals surface area contributed by atoms with Gasteiger partial charge in [0.05, 0.1) is 56.2 Å². The van der Waals surface area contributed by atoms with E-state index in [1.165, 1.54) is 122 Å². The van der Waals surface area contributed by atoms with Crippen LogP contribution in [0.4, 0.5) is 45.2 Å². The third-order valence-electron chi connectivity index (χ3n) is 29.3. The van der Waals surface area contributed by atoms with Crippen LogP contribution in [0.5, 0.6) is 0 Å². The Labute approximate surface area is 861 Å². The van der Waals surface area contributed by atoms with Crippen LogP contribution in [0, 0.1) is 23.3 Å². The number of anilines is 4. The van der Waals surface area contributed by atoms with Crippen molar-refractivity contribution in [1.29, 1.82) is 0 Å². The molecule has 0 radical (unpaired) electrons. The minimum absolute atomic E-state index is 0. The van der Waals surface area contributed by atoms with Crippen molar-refractivity contribution in [1.82, 2.24) is 98.3 Å². The molecule has 12 heterocycles. The number of nitrogens with one attached hydrogen (secondary N) is 4. The van der Waals surface area contributed by atoms with Crippen LogP contribution in [0.3, 0.4) is 0 Å². The lowest BCUT2D eigenvalue weighted by molar-refractivity contribution is 0.189. The van der Waals surface area contributed by atoms with E-state index in [0.29, 0.717) is 108 Å². The summed E-state index contributed by atoms with van der Waals surface area (Å²) in [4.78, 5) is 54.4. The standard InChI is InChI=1S/3C28H29FN6O.C28H27FN6O.CH3FS.CH4/c4*1-17(9-10-36-2)25-16-31-35-27(25)33-26(20-12-21(29)15-30-14-20)34-28(35)32-22-8-7-19-11-18-5-3-4-6-23(18)24(19)13-22;1-3-2;/h3*3-6,12,14-17,22H,7-11,13H2,1-2H3,(H,32,33,34);3-6,12,14-16,22H,1,7-11,13H2,2H3,(H,32,33,34);1H3;1H4/t17?,22-;17-,22+;17-,22-;22-;;/m1011../s1. The quantitative estimate of drug-likeness (QED) is 0.0331. The molecule has 0 bridgehead atoms. The maximum Gasteiger partial charge on any atom is 0.228 e. The van der Waals surface area contributed by atoms with Gasteiger partial charge in [0, 0.05) is 160 Å². The van der Waals surface area contributed by atoms with Crippen LogP contribution in [-0.2, 0) is 44.6 Å². The Bertz CT molecular complexity index is 7180. The highest BCUT2D eigenvalue weighted by Crippen LogP contribution is 2.48. The van der Waals surface area contributed by atoms with Crippen LogP contribution in [0.1, 0.15) is 215 Å². The van der Waals surface area contributed by atoms with Gasteiger partial charge in [0.1, 0.15) is 23.3 Å². The Hall–Kier alpha value is -14.6. The topological polar surface area (TPSA) is 309 Å². The summed E-state index contributed by atoms with van der Waals surface area (Å²) < 4.78 is 94.3. The van der Waals surface area contributed by atoms with Gasteiger partial charge in [0.2, 0.25) is 23.8 Å². The first-order valence-corrected chi connectivity index (χ1v) is 51.4. The monoisotopic (exact) mass is 2020 g/mol. The zero-order valence-electron chi connectivity index (χ0n) is 83.6. The number of ether oxygens (including phenoxy) is 4. The fourth-order valence-corrected chi connectivity index (χ4v) is 21.6. The predicted octanol–water partition coefficient (Wildman–Crippen LogP) is 23.5. The SMILES string of the molecule is C.C=C(CCOC)c1cnn2c(N[C@@H]3CCC4=C(C3)c3ccccc3C4)nc(-c3cncc(F)c3)nc12.COCCC(C)c1cnn2c(N[C@@H]3CCC4=C(C3)c3ccccc3C4)nc(-c3cncc(F)c3)nc12.COCC[C@@H](C)c1cnn2c(N[C@@H]3CCC4=C(C3)c3ccccc3C4)nc(-c3cncc(F)c3)nc12.COCC[C@H](C)c1cnn2c(N[C@@H]3CCC4=C(C3)c3ccccc3C4)nc(-c3cncc(F)c3)nc12.CSF. The number of benzene rings is 4. The van der Waals surface area contributed by atoms with Crippen LogP contribution in [0.15, 0.2) is 225 Å². The molecular formula is C114H121F5N24O4S. The molecule has 34 heteroatoms. The van der Waals surface area contributed by atoms with Crippen LogP contribution in [0.2, 0.25) is 0 Å². The summed E-state index contributed by atoms with van der Waals surface area (Å²) in [6.45, 7) is 13.1. The molecule has 16 aromatic rings. The van der Waals surface area contributed by atoms with E-state index in [1.54, 1.807) is 99.8 Å². The van der Waals surface area contributed by atoms with E-state index in [0.717, 1.165) is 167 Å². The number of hydrogen-bond donors (Lipinski definition) is 4. The van der Waals surface area contributed by atoms with E-state index in [-0.39, 0.29) is 61.5 Å². The van der Waals surface area contributed by atoms with Crippen LogP contribution >= 0.6 is 12.1 Å². The molecule has 0 spiro atoms. The lowest BCUT2D eigenvalue weighted by Gasteiger charge is -2.26. The first kappa shape index (κ1) is 102. The average Bonchev–Trinajstić information content (AvgIpc) is 1.60. The molecule has 0 saturated heterocycles. The molecular weight excluding hydrogens is 1900 g/mol. The van der Waals surface area contributed by atoms with Gasteiger partial charge in [-0.1, -0.05) is 154 Å². The Kier molecular flexibility index (Phi) is 31.9. The van der Waals surface area contributed by atoms with Gasteiger partial charge in [0.15, 0.2) is 45.9 Å². The summed E-state index contributed by atoms with van der Waals surface area (Å²) in [5.41, 5.74) is 32.9. The maximum absolute atomic E-state index is 14.0. The summed E-state index contributed by atoms with van der Waals surface area (Å²) in [6, 6.07) is 41.3. The Morgan fingerprint density at radius 1 is 0.365 bits per heavy atom. The zero-order chi connectivity index (χ0) is 101. The van der Waals surface area contributed by atoms with Gasteiger partial charge >= 0.3 is 0 Å². The van der Waals surface area contributed by atoms with E-state index in [1.807, 2.05) is 18.6 Å². The number of methoxy groups -OCH3 is 4. The Morgan fingerprint density at radius 3 is 0.892 bits per heavy atom. The summed E-state index contributed by atoms with van der Waals surface area (Å²) in [6.07, 6.45) is 39.3. The fourth-order valence-electron chi connectivity index (χ4n) is 21.6. The number of hydrogen-bond acceptors (Lipinski definition) is 25. The van der Waals surface area contributed by atoms with E-state index in [2.05, 4.69) is 186 Å². The second-order valence-electron chi connectivity index (χ2n) is 38.9. The molecule has 0 saturated carbocycles. The first-order chi connectivity index (χ1) is 71.8. The number of nitrogens with zero attached hydrogens (tertiary/aromatic N) is 20. The Morgan fingerprint density at radius 2 is 0.622 bits per heavy atom. The highest BCUT2D eigenvalue weighted by atomic mass is 32.2. The highest BCUT2D eigenvalue weighted by Gasteiger charge is 2.36. The van der Waals surface area contributed by atoms with Crippen molar-refractivity contribution in [2.75, 3.05) is 82.4 Å². The Balaban J connectivity index is 0.000000123. The van der Waals surface area contributed by atoms with Gasteiger partial charge in [-0.2, -0.15) is 62.3 Å². The summed E-state index contributed by atoms with van der Waals surface area (Å²) in [5.74, 6) is 3.00. The molecule has 24 rings (SSSR count). The van der Waals surface area contributed by atoms with E-state index < -0.39 is 23.3 Å². The molecule has 4 aromatic carbocycles. The second-order valence-corrected chi connectivity index (χ2v) is 39.2. The predicted molar refractivity (Wildman–Crippen MR) is 571 cm³/mol. The molecule has 0 aliphatic heterocycles. The molecule has 8 aliphatic carbocycles. The molecule has 0 amide bonds. The second kappa shape index (κ2) is 46.2. The molecule has 12 aromatic heterocycles. The molecule has 1 unspecified atom stereocenters. The van der Waals surface area contributed by atoms with Gasteiger partial charge in [-0.05, 0) is 243 Å². The van der Waals surface area contributed by atoms with Crippen molar-refractivity contribution in [2.24, 2.45) is 0 Å². The van der Waals surface area contributed by atoms with Gasteiger partial charge in [-0.15, -0.1) is 0 Å². The number of fused-ring (bicyclic) bond motifs is 12. The largest absolute Gasteiger partial charge is 0.385 e. The minimum atomic E-state index is -0.435. The molecule has 148 heavy (non-hydrogen) atoms. The zero-order valence-corrected chi connectivity index (χ0v) is 84.4. The summed E-state index contributed by atoms with van der Waals surface area (Å²) >= 11 is 0.250. The molecule has 28 nitrogen and oxygen atoms in total. The van der Waals surface area contributed by atoms with Crippen molar-refractivity contribution in [3.63, 3.8) is 0 Å². The first-order valence-electron chi connectivity index (χ1n) is 50.3. The number of allylic oxidation sites excluding steroid dienone is 4. The van der Waals surface area contributed by atoms with Crippen LogP contribution in [-0.4, -0.2) is 184 Å². The third kappa shape index (κ3) is 22.2. The summed E-state index contributed by atoms with van der Waals surface area (Å²) in [7, 11) is 6.78. The van der Waals surface area contributed by atoms with Crippen molar-refractivity contribution in [3.05, 3.63) is 315 Å².